The molecule has 0 aliphatic carbocycles. The number of rotatable bonds is 3. The van der Waals surface area contributed by atoms with E-state index < -0.39 is 0 Å². The molecule has 4 heteroatoms. The molecule has 3 N–H and O–H groups in total. The number of benzene rings is 1. The highest BCUT2D eigenvalue weighted by Crippen LogP contribution is 2.25. The highest BCUT2D eigenvalue weighted by molar-refractivity contribution is 5.63. The highest BCUT2D eigenvalue weighted by atomic mass is 15.3. The first-order valence-electron chi connectivity index (χ1n) is 7.30. The lowest BCUT2D eigenvalue weighted by atomic mass is 10.0. The summed E-state index contributed by atoms with van der Waals surface area (Å²) in [5.41, 5.74) is 9.55. The molecule has 0 spiro atoms. The minimum Gasteiger partial charge on any atom is -0.354 e. The number of anilines is 1. The van der Waals surface area contributed by atoms with Gasteiger partial charge in [0, 0.05) is 25.2 Å². The number of hydrogen-bond donors (Lipinski definition) is 2. The average Bonchev–Trinajstić information content (AvgIpc) is 3.07. The van der Waals surface area contributed by atoms with Crippen LogP contribution in [0.1, 0.15) is 31.7 Å². The molecule has 3 rings (SSSR count). The van der Waals surface area contributed by atoms with Crippen LogP contribution in [0, 0.1) is 0 Å². The molecule has 0 bridgehead atoms. The van der Waals surface area contributed by atoms with Crippen LogP contribution in [0.2, 0.25) is 0 Å². The fraction of sp³-hybridized carbons (Fsp3) is 0.438. The van der Waals surface area contributed by atoms with Gasteiger partial charge in [0.2, 0.25) is 0 Å². The number of hydrogen-bond acceptors (Lipinski definition) is 3. The van der Waals surface area contributed by atoms with E-state index in [9.17, 15) is 0 Å². The number of nitrogens with two attached hydrogens (primary N) is 1. The number of H-pyrrole nitrogens is 1. The third kappa shape index (κ3) is 2.56. The first-order valence-corrected chi connectivity index (χ1v) is 7.30. The molecule has 4 nitrogen and oxygen atoms in total. The monoisotopic (exact) mass is 270 g/mol. The second kappa shape index (κ2) is 5.29. The van der Waals surface area contributed by atoms with Crippen molar-refractivity contribution in [1.82, 2.24) is 10.2 Å². The SMILES string of the molecule is CC(C)c1ccc(-c2cc(N3CCC(N)C3)n[nH]2)cc1. The highest BCUT2D eigenvalue weighted by Gasteiger charge is 2.21. The van der Waals surface area contributed by atoms with E-state index >= 15 is 0 Å². The molecule has 1 unspecified atom stereocenters. The maximum atomic E-state index is 5.95. The second-order valence-electron chi connectivity index (χ2n) is 5.91. The molecule has 1 aliphatic heterocycles. The number of aromatic amines is 1. The van der Waals surface area contributed by atoms with Crippen LogP contribution in [0.3, 0.4) is 0 Å². The average molecular weight is 270 g/mol. The Morgan fingerprint density at radius 3 is 2.65 bits per heavy atom. The summed E-state index contributed by atoms with van der Waals surface area (Å²) < 4.78 is 0. The van der Waals surface area contributed by atoms with E-state index in [1.807, 2.05) is 0 Å². The van der Waals surface area contributed by atoms with E-state index in [-0.39, 0.29) is 6.04 Å². The maximum Gasteiger partial charge on any atom is 0.151 e. The van der Waals surface area contributed by atoms with Gasteiger partial charge in [-0.05, 0) is 23.5 Å². The molecule has 1 fully saturated rings. The number of nitrogens with one attached hydrogen (secondary N) is 1. The Morgan fingerprint density at radius 1 is 1.30 bits per heavy atom. The maximum absolute atomic E-state index is 5.95. The van der Waals surface area contributed by atoms with Crippen molar-refractivity contribution >= 4 is 5.82 Å². The summed E-state index contributed by atoms with van der Waals surface area (Å²) in [7, 11) is 0. The van der Waals surface area contributed by atoms with Gasteiger partial charge in [0.25, 0.3) is 0 Å². The minimum absolute atomic E-state index is 0.278. The van der Waals surface area contributed by atoms with Crippen molar-refractivity contribution in [3.8, 4) is 11.3 Å². The van der Waals surface area contributed by atoms with Gasteiger partial charge in [-0.1, -0.05) is 38.1 Å². The van der Waals surface area contributed by atoms with E-state index in [4.69, 9.17) is 5.73 Å². The minimum atomic E-state index is 0.278. The van der Waals surface area contributed by atoms with Crippen molar-refractivity contribution < 1.29 is 0 Å². The molecule has 1 aliphatic rings. The Bertz CT molecular complexity index is 570. The number of aromatic nitrogens is 2. The van der Waals surface area contributed by atoms with Crippen LogP contribution in [0.15, 0.2) is 30.3 Å². The molecule has 0 saturated carbocycles. The van der Waals surface area contributed by atoms with Gasteiger partial charge in [0.05, 0.1) is 5.69 Å². The molecule has 2 aromatic rings. The van der Waals surface area contributed by atoms with E-state index in [0.29, 0.717) is 5.92 Å². The summed E-state index contributed by atoms with van der Waals surface area (Å²) in [6, 6.07) is 11.1. The third-order valence-electron chi connectivity index (χ3n) is 4.00. The van der Waals surface area contributed by atoms with E-state index in [1.165, 1.54) is 11.1 Å². The topological polar surface area (TPSA) is 57.9 Å². The van der Waals surface area contributed by atoms with Gasteiger partial charge in [-0.15, -0.1) is 0 Å². The smallest absolute Gasteiger partial charge is 0.151 e. The van der Waals surface area contributed by atoms with Crippen LogP contribution in [-0.2, 0) is 0 Å². The summed E-state index contributed by atoms with van der Waals surface area (Å²) >= 11 is 0. The van der Waals surface area contributed by atoms with Crippen molar-refractivity contribution in [2.75, 3.05) is 18.0 Å². The van der Waals surface area contributed by atoms with Crippen molar-refractivity contribution in [2.45, 2.75) is 32.2 Å². The summed E-state index contributed by atoms with van der Waals surface area (Å²) in [4.78, 5) is 2.24. The summed E-state index contributed by atoms with van der Waals surface area (Å²) in [6.45, 7) is 6.31. The van der Waals surface area contributed by atoms with Gasteiger partial charge < -0.3 is 10.6 Å². The lowest BCUT2D eigenvalue weighted by Crippen LogP contribution is -2.26. The molecule has 0 amide bonds. The van der Waals surface area contributed by atoms with Crippen molar-refractivity contribution in [2.24, 2.45) is 5.73 Å². The molecule has 1 aromatic heterocycles. The first kappa shape index (κ1) is 13.2. The van der Waals surface area contributed by atoms with Crippen LogP contribution in [0.25, 0.3) is 11.3 Å². The van der Waals surface area contributed by atoms with Gasteiger partial charge >= 0.3 is 0 Å². The van der Waals surface area contributed by atoms with Crippen molar-refractivity contribution in [3.05, 3.63) is 35.9 Å². The zero-order valence-corrected chi connectivity index (χ0v) is 12.1. The van der Waals surface area contributed by atoms with Crippen molar-refractivity contribution in [1.29, 1.82) is 0 Å². The zero-order chi connectivity index (χ0) is 14.1. The molecule has 2 heterocycles. The van der Waals surface area contributed by atoms with E-state index in [2.05, 4.69) is 59.3 Å². The first-order chi connectivity index (χ1) is 9.63. The summed E-state index contributed by atoms with van der Waals surface area (Å²) in [5.74, 6) is 1.56. The van der Waals surface area contributed by atoms with Crippen LogP contribution in [0.5, 0.6) is 0 Å². The Labute approximate surface area is 120 Å². The zero-order valence-electron chi connectivity index (χ0n) is 12.1. The summed E-state index contributed by atoms with van der Waals surface area (Å²) in [6.07, 6.45) is 1.05. The Morgan fingerprint density at radius 2 is 2.05 bits per heavy atom. The van der Waals surface area contributed by atoms with Gasteiger partial charge in [0.1, 0.15) is 0 Å². The van der Waals surface area contributed by atoms with Crippen LogP contribution in [0.4, 0.5) is 5.82 Å². The molecule has 1 saturated heterocycles. The van der Waals surface area contributed by atoms with Gasteiger partial charge in [-0.2, -0.15) is 5.10 Å². The lowest BCUT2D eigenvalue weighted by molar-refractivity contribution is 0.751. The van der Waals surface area contributed by atoms with Gasteiger partial charge in [-0.25, -0.2) is 0 Å². The fourth-order valence-electron chi connectivity index (χ4n) is 2.66. The molecule has 1 aromatic carbocycles. The lowest BCUT2D eigenvalue weighted by Gasteiger charge is -2.13. The second-order valence-corrected chi connectivity index (χ2v) is 5.91. The molecule has 106 valence electrons. The van der Waals surface area contributed by atoms with Crippen LogP contribution < -0.4 is 10.6 Å². The van der Waals surface area contributed by atoms with E-state index in [0.717, 1.165) is 31.0 Å². The van der Waals surface area contributed by atoms with Gasteiger partial charge in [-0.3, -0.25) is 5.10 Å². The quantitative estimate of drug-likeness (QED) is 0.901. The normalized spacial score (nSPS) is 19.0. The Hall–Kier alpha value is -1.81. The van der Waals surface area contributed by atoms with Crippen LogP contribution >= 0.6 is 0 Å². The predicted molar refractivity (Wildman–Crippen MR) is 82.9 cm³/mol. The standard InChI is InChI=1S/C16H22N4/c1-11(2)12-3-5-13(6-4-12)15-9-16(19-18-15)20-8-7-14(17)10-20/h3-6,9,11,14H,7-8,10,17H2,1-2H3,(H,18,19). The van der Waals surface area contributed by atoms with Crippen molar-refractivity contribution in [3.63, 3.8) is 0 Å². The molecular weight excluding hydrogens is 248 g/mol. The fourth-order valence-corrected chi connectivity index (χ4v) is 2.66. The van der Waals surface area contributed by atoms with E-state index in [1.54, 1.807) is 0 Å². The number of nitrogens with zero attached hydrogens (tertiary/aromatic N) is 2. The van der Waals surface area contributed by atoms with Gasteiger partial charge in [0.15, 0.2) is 5.82 Å². The Kier molecular flexibility index (Phi) is 3.49. The molecule has 20 heavy (non-hydrogen) atoms. The Balaban J connectivity index is 1.79. The summed E-state index contributed by atoms with van der Waals surface area (Å²) in [5, 5.41) is 7.54. The van der Waals surface area contributed by atoms with Crippen LogP contribution in [-0.4, -0.2) is 29.3 Å². The largest absolute Gasteiger partial charge is 0.354 e. The molecular formula is C16H22N4. The molecule has 0 radical (unpaired) electrons. The third-order valence-corrected chi connectivity index (χ3v) is 4.00. The predicted octanol–water partition coefficient (Wildman–Crippen LogP) is 2.74. The molecule has 1 atom stereocenters.